The first-order valence-electron chi connectivity index (χ1n) is 11.3. The van der Waals surface area contributed by atoms with Gasteiger partial charge in [-0.25, -0.2) is 4.98 Å². The number of hydrogen-bond acceptors (Lipinski definition) is 8. The summed E-state index contributed by atoms with van der Waals surface area (Å²) in [7, 11) is 1.55. The van der Waals surface area contributed by atoms with Crippen molar-refractivity contribution in [1.29, 1.82) is 0 Å². The van der Waals surface area contributed by atoms with E-state index in [1.807, 2.05) is 24.3 Å². The molecule has 0 saturated carbocycles. The van der Waals surface area contributed by atoms with Crippen molar-refractivity contribution in [2.45, 2.75) is 23.8 Å². The predicted molar refractivity (Wildman–Crippen MR) is 130 cm³/mol. The minimum absolute atomic E-state index is 0.0218. The molecule has 0 aliphatic carbocycles. The van der Waals surface area contributed by atoms with Gasteiger partial charge in [-0.05, 0) is 55.8 Å². The summed E-state index contributed by atoms with van der Waals surface area (Å²) in [6.45, 7) is 1.94. The molecule has 1 amide bonds. The number of thioether (sulfide) groups is 1. The zero-order chi connectivity index (χ0) is 23.7. The van der Waals surface area contributed by atoms with Crippen molar-refractivity contribution < 1.29 is 19.4 Å². The molecule has 2 N–H and O–H groups in total. The van der Waals surface area contributed by atoms with Crippen molar-refractivity contribution in [3.05, 3.63) is 53.7 Å². The van der Waals surface area contributed by atoms with Crippen LogP contribution in [0.25, 0.3) is 11.0 Å². The number of piperidine rings is 1. The number of hydrogen-bond donors (Lipinski definition) is 2. The Labute approximate surface area is 201 Å². The third-order valence-corrected chi connectivity index (χ3v) is 7.52. The molecule has 4 heterocycles. The molecule has 3 aromatic rings. The molecule has 2 aliphatic heterocycles. The van der Waals surface area contributed by atoms with Crippen molar-refractivity contribution in [2.75, 3.05) is 37.8 Å². The zero-order valence-corrected chi connectivity index (χ0v) is 19.7. The fourth-order valence-electron chi connectivity index (χ4n) is 4.58. The summed E-state index contributed by atoms with van der Waals surface area (Å²) in [5, 5.41) is 13.7. The smallest absolute Gasteiger partial charge is 0.234 e. The number of nitrogens with zero attached hydrogens (tertiary/aromatic N) is 3. The van der Waals surface area contributed by atoms with Gasteiger partial charge < -0.3 is 20.1 Å². The van der Waals surface area contributed by atoms with E-state index in [1.165, 1.54) is 11.8 Å². The number of carbonyl (C=O) groups is 2. The maximum Gasteiger partial charge on any atom is 0.234 e. The minimum atomic E-state index is -0.665. The van der Waals surface area contributed by atoms with E-state index in [0.29, 0.717) is 34.8 Å². The van der Waals surface area contributed by atoms with Gasteiger partial charge in [-0.3, -0.25) is 14.6 Å². The van der Waals surface area contributed by atoms with E-state index in [1.54, 1.807) is 25.4 Å². The molecule has 1 aromatic carbocycles. The summed E-state index contributed by atoms with van der Waals surface area (Å²) >= 11 is 1.51. The molecule has 1 atom stereocenters. The first-order valence-corrected chi connectivity index (χ1v) is 12.3. The number of nitrogens with one attached hydrogen (secondary N) is 1. The third kappa shape index (κ3) is 4.64. The molecule has 176 valence electrons. The maximum absolute atomic E-state index is 13.3. The van der Waals surface area contributed by atoms with Crippen LogP contribution in [-0.4, -0.2) is 64.2 Å². The van der Waals surface area contributed by atoms with Gasteiger partial charge in [0, 0.05) is 35.2 Å². The fourth-order valence-corrected chi connectivity index (χ4v) is 5.36. The lowest BCUT2D eigenvalue weighted by Gasteiger charge is -2.32. The van der Waals surface area contributed by atoms with Crippen LogP contribution in [0.1, 0.15) is 34.9 Å². The number of anilines is 1. The zero-order valence-electron chi connectivity index (χ0n) is 18.9. The van der Waals surface area contributed by atoms with Crippen LogP contribution in [0.4, 0.5) is 5.69 Å². The number of carbonyl (C=O) groups excluding carboxylic acids is 2. The van der Waals surface area contributed by atoms with E-state index in [2.05, 4.69) is 20.2 Å². The van der Waals surface area contributed by atoms with E-state index in [0.717, 1.165) is 42.1 Å². The standard InChI is InChI=1S/C25H26N4O4S/c1-33-23-5-3-18-24(28-23)17(6-9-26-18)25(32)15-7-10-29(11-8-15)13-20(30)16-2-4-21-19(12-16)27-22(31)14-34-21/h2-6,9,12,15,20,30H,7-8,10-11,13-14H2,1H3,(H,27,31)/t20-/m0/s1. The Morgan fingerprint density at radius 3 is 2.88 bits per heavy atom. The summed E-state index contributed by atoms with van der Waals surface area (Å²) in [6.07, 6.45) is 2.42. The second-order valence-corrected chi connectivity index (χ2v) is 9.64. The van der Waals surface area contributed by atoms with Gasteiger partial charge in [0.25, 0.3) is 0 Å². The number of methoxy groups -OCH3 is 1. The Kier molecular flexibility index (Phi) is 6.49. The monoisotopic (exact) mass is 478 g/mol. The van der Waals surface area contributed by atoms with Crippen molar-refractivity contribution in [2.24, 2.45) is 5.92 Å². The number of rotatable bonds is 6. The van der Waals surface area contributed by atoms with Crippen molar-refractivity contribution in [3.8, 4) is 5.88 Å². The molecular formula is C25H26N4O4S. The molecule has 0 bridgehead atoms. The summed E-state index contributed by atoms with van der Waals surface area (Å²) in [6, 6.07) is 11.0. The molecule has 0 unspecified atom stereocenters. The summed E-state index contributed by atoms with van der Waals surface area (Å²) in [5.74, 6) is 0.839. The fraction of sp³-hybridized carbons (Fsp3) is 0.360. The van der Waals surface area contributed by atoms with Gasteiger partial charge in [0.05, 0.1) is 30.2 Å². The SMILES string of the molecule is COc1ccc2nccc(C(=O)C3CCN(C[C@H](O)c4ccc5c(c4)NC(=O)CS5)CC3)c2n1. The molecule has 34 heavy (non-hydrogen) atoms. The number of pyridine rings is 2. The summed E-state index contributed by atoms with van der Waals surface area (Å²) in [4.78, 5) is 37.0. The molecule has 0 spiro atoms. The first-order chi connectivity index (χ1) is 16.5. The van der Waals surface area contributed by atoms with E-state index >= 15 is 0 Å². The Bertz CT molecular complexity index is 1240. The highest BCUT2D eigenvalue weighted by Gasteiger charge is 2.28. The number of likely N-dealkylation sites (tertiary alicyclic amines) is 1. The molecule has 2 aliphatic rings. The summed E-state index contributed by atoms with van der Waals surface area (Å²) in [5.41, 5.74) is 3.37. The van der Waals surface area contributed by atoms with Crippen molar-refractivity contribution in [1.82, 2.24) is 14.9 Å². The quantitative estimate of drug-likeness (QED) is 0.520. The lowest BCUT2D eigenvalue weighted by Crippen LogP contribution is -2.38. The maximum atomic E-state index is 13.3. The summed E-state index contributed by atoms with van der Waals surface area (Å²) < 4.78 is 5.22. The molecule has 1 saturated heterocycles. The highest BCUT2D eigenvalue weighted by Crippen LogP contribution is 2.34. The van der Waals surface area contributed by atoms with Gasteiger partial charge in [-0.2, -0.15) is 0 Å². The normalized spacial score (nSPS) is 17.8. The number of Topliss-reactive ketones (excluding diaryl/α,β-unsaturated/α-hetero) is 1. The highest BCUT2D eigenvalue weighted by molar-refractivity contribution is 8.00. The van der Waals surface area contributed by atoms with E-state index in [9.17, 15) is 14.7 Å². The number of aromatic nitrogens is 2. The number of benzene rings is 1. The van der Waals surface area contributed by atoms with Gasteiger partial charge in [-0.1, -0.05) is 6.07 Å². The number of aliphatic hydroxyl groups is 1. The number of ether oxygens (including phenoxy) is 1. The highest BCUT2D eigenvalue weighted by atomic mass is 32.2. The lowest BCUT2D eigenvalue weighted by atomic mass is 9.88. The Hall–Kier alpha value is -3.01. The second kappa shape index (κ2) is 9.69. The number of fused-ring (bicyclic) bond motifs is 2. The molecule has 9 heteroatoms. The molecule has 1 fully saturated rings. The van der Waals surface area contributed by atoms with Crippen LogP contribution >= 0.6 is 11.8 Å². The molecule has 5 rings (SSSR count). The Morgan fingerprint density at radius 1 is 1.26 bits per heavy atom. The Morgan fingerprint density at radius 2 is 2.09 bits per heavy atom. The first kappa shape index (κ1) is 22.8. The van der Waals surface area contributed by atoms with Gasteiger partial charge in [0.1, 0.15) is 5.52 Å². The number of aliphatic hydroxyl groups excluding tert-OH is 1. The van der Waals surface area contributed by atoms with Gasteiger partial charge in [0.2, 0.25) is 11.8 Å². The lowest BCUT2D eigenvalue weighted by molar-refractivity contribution is -0.113. The van der Waals surface area contributed by atoms with E-state index in [-0.39, 0.29) is 17.6 Å². The molecule has 8 nitrogen and oxygen atoms in total. The van der Waals surface area contributed by atoms with E-state index in [4.69, 9.17) is 4.74 Å². The largest absolute Gasteiger partial charge is 0.481 e. The predicted octanol–water partition coefficient (Wildman–Crippen LogP) is 3.31. The number of amides is 1. The van der Waals surface area contributed by atoms with Crippen LogP contribution in [0.15, 0.2) is 47.5 Å². The average Bonchev–Trinajstić information content (AvgIpc) is 2.87. The van der Waals surface area contributed by atoms with Crippen LogP contribution < -0.4 is 10.1 Å². The van der Waals surface area contributed by atoms with Crippen LogP contribution in [0.3, 0.4) is 0 Å². The number of ketones is 1. The molecule has 0 radical (unpaired) electrons. The minimum Gasteiger partial charge on any atom is -0.481 e. The van der Waals surface area contributed by atoms with Gasteiger partial charge in [-0.15, -0.1) is 11.8 Å². The van der Waals surface area contributed by atoms with Crippen LogP contribution in [0.5, 0.6) is 5.88 Å². The topological polar surface area (TPSA) is 105 Å². The Balaban J connectivity index is 1.22. The van der Waals surface area contributed by atoms with Gasteiger partial charge in [0.15, 0.2) is 5.78 Å². The van der Waals surface area contributed by atoms with Crippen LogP contribution in [0, 0.1) is 5.92 Å². The second-order valence-electron chi connectivity index (χ2n) is 8.63. The molecule has 2 aromatic heterocycles. The van der Waals surface area contributed by atoms with Crippen molar-refractivity contribution in [3.63, 3.8) is 0 Å². The number of β-amino-alcohol motifs (C(OH)–C–C–N with tert-alkyl or cyclic N) is 1. The van der Waals surface area contributed by atoms with Crippen molar-refractivity contribution >= 4 is 40.2 Å². The third-order valence-electron chi connectivity index (χ3n) is 6.44. The molecular weight excluding hydrogens is 452 g/mol. The van der Waals surface area contributed by atoms with Crippen LogP contribution in [-0.2, 0) is 4.79 Å². The average molecular weight is 479 g/mol. The van der Waals surface area contributed by atoms with E-state index < -0.39 is 6.10 Å². The van der Waals surface area contributed by atoms with Gasteiger partial charge >= 0.3 is 0 Å². The van der Waals surface area contributed by atoms with Crippen LogP contribution in [0.2, 0.25) is 0 Å².